The van der Waals surface area contributed by atoms with Crippen molar-refractivity contribution in [1.82, 2.24) is 20.1 Å². The summed E-state index contributed by atoms with van der Waals surface area (Å²) in [5.74, 6) is -0.942. The van der Waals surface area contributed by atoms with Crippen molar-refractivity contribution in [1.29, 1.82) is 0 Å². The summed E-state index contributed by atoms with van der Waals surface area (Å²) < 4.78 is 44.8. The molecule has 9 heteroatoms. The van der Waals surface area contributed by atoms with Crippen LogP contribution in [0.2, 0.25) is 0 Å². The molecule has 0 unspecified atom stereocenters. The number of aromatic nitrogens is 3. The number of carbonyl (C=O) groups excluding carboxylic acids is 1. The third kappa shape index (κ3) is 2.83. The molecule has 118 valence electrons. The highest BCUT2D eigenvalue weighted by atomic mass is 19.4. The fourth-order valence-electron chi connectivity index (χ4n) is 2.44. The summed E-state index contributed by atoms with van der Waals surface area (Å²) in [4.78, 5) is 11.8. The van der Waals surface area contributed by atoms with Crippen LogP contribution in [0.4, 0.5) is 13.2 Å². The van der Waals surface area contributed by atoms with E-state index in [4.69, 9.17) is 4.42 Å². The lowest BCUT2D eigenvalue weighted by atomic mass is 9.99. The minimum Gasteiger partial charge on any atom is -0.472 e. The van der Waals surface area contributed by atoms with E-state index in [2.05, 4.69) is 15.5 Å². The molecule has 22 heavy (non-hydrogen) atoms. The molecule has 1 aliphatic rings. The summed E-state index contributed by atoms with van der Waals surface area (Å²) in [7, 11) is 0. The average Bonchev–Trinajstić information content (AvgIpc) is 3.13. The lowest BCUT2D eigenvalue weighted by Gasteiger charge is -2.26. The summed E-state index contributed by atoms with van der Waals surface area (Å²) in [5.41, 5.74) is 0.339. The SMILES string of the molecule is O=C(NCc1nnc2n1C[C@H](C(F)(F)F)CC2)c1ccoc1. The van der Waals surface area contributed by atoms with Gasteiger partial charge in [0.25, 0.3) is 5.91 Å². The quantitative estimate of drug-likeness (QED) is 0.939. The monoisotopic (exact) mass is 314 g/mol. The molecule has 1 amide bonds. The molecular formula is C13H13F3N4O2. The van der Waals surface area contributed by atoms with Gasteiger partial charge in [0.15, 0.2) is 5.82 Å². The maximum Gasteiger partial charge on any atom is 0.393 e. The minimum absolute atomic E-state index is 0.0155. The van der Waals surface area contributed by atoms with Crippen molar-refractivity contribution in [3.8, 4) is 0 Å². The Morgan fingerprint density at radius 3 is 2.95 bits per heavy atom. The Labute approximate surface area is 123 Å². The van der Waals surface area contributed by atoms with Crippen LogP contribution in [-0.2, 0) is 19.5 Å². The second kappa shape index (κ2) is 5.47. The molecule has 3 rings (SSSR count). The van der Waals surface area contributed by atoms with Crippen molar-refractivity contribution >= 4 is 5.91 Å². The first kappa shape index (κ1) is 14.6. The van der Waals surface area contributed by atoms with Gasteiger partial charge in [0, 0.05) is 13.0 Å². The smallest absolute Gasteiger partial charge is 0.393 e. The maximum absolute atomic E-state index is 12.8. The van der Waals surface area contributed by atoms with Crippen LogP contribution in [0.1, 0.15) is 28.4 Å². The number of furan rings is 1. The summed E-state index contributed by atoms with van der Waals surface area (Å²) in [6.45, 7) is -0.190. The molecule has 0 radical (unpaired) electrons. The molecule has 0 bridgehead atoms. The second-order valence-corrected chi connectivity index (χ2v) is 5.11. The zero-order valence-corrected chi connectivity index (χ0v) is 11.4. The molecule has 1 atom stereocenters. The van der Waals surface area contributed by atoms with Crippen molar-refractivity contribution in [3.05, 3.63) is 35.8 Å². The molecular weight excluding hydrogens is 301 g/mol. The highest BCUT2D eigenvalue weighted by molar-refractivity contribution is 5.93. The molecule has 6 nitrogen and oxygen atoms in total. The zero-order valence-electron chi connectivity index (χ0n) is 11.4. The van der Waals surface area contributed by atoms with E-state index in [0.29, 0.717) is 17.2 Å². The van der Waals surface area contributed by atoms with E-state index in [1.165, 1.54) is 23.2 Å². The van der Waals surface area contributed by atoms with Crippen molar-refractivity contribution in [3.63, 3.8) is 0 Å². The molecule has 0 aromatic carbocycles. The topological polar surface area (TPSA) is 73.0 Å². The van der Waals surface area contributed by atoms with Crippen LogP contribution in [0.5, 0.6) is 0 Å². The highest BCUT2D eigenvalue weighted by Gasteiger charge is 2.42. The van der Waals surface area contributed by atoms with E-state index in [1.807, 2.05) is 0 Å². The van der Waals surface area contributed by atoms with Crippen LogP contribution >= 0.6 is 0 Å². The molecule has 0 spiro atoms. The summed E-state index contributed by atoms with van der Waals surface area (Å²) in [6.07, 6.45) is -1.34. The van der Waals surface area contributed by atoms with Crippen molar-refractivity contribution in [2.24, 2.45) is 5.92 Å². The van der Waals surface area contributed by atoms with E-state index >= 15 is 0 Å². The number of halogens is 3. The number of rotatable bonds is 3. The first-order valence-corrected chi connectivity index (χ1v) is 6.73. The maximum atomic E-state index is 12.8. The van der Waals surface area contributed by atoms with Crippen LogP contribution in [0, 0.1) is 5.92 Å². The van der Waals surface area contributed by atoms with Gasteiger partial charge in [-0.2, -0.15) is 13.2 Å². The van der Waals surface area contributed by atoms with Gasteiger partial charge in [0.05, 0.1) is 24.3 Å². The Morgan fingerprint density at radius 2 is 2.27 bits per heavy atom. The van der Waals surface area contributed by atoms with Crippen molar-refractivity contribution < 1.29 is 22.4 Å². The molecule has 2 aromatic rings. The van der Waals surface area contributed by atoms with Gasteiger partial charge in [-0.15, -0.1) is 10.2 Å². The normalized spacial score (nSPS) is 18.0. The third-order valence-corrected chi connectivity index (χ3v) is 3.68. The Hall–Kier alpha value is -2.32. The number of nitrogens with zero attached hydrogens (tertiary/aromatic N) is 3. The van der Waals surface area contributed by atoms with Crippen LogP contribution in [0.3, 0.4) is 0 Å². The van der Waals surface area contributed by atoms with Gasteiger partial charge >= 0.3 is 6.18 Å². The molecule has 0 aliphatic carbocycles. The second-order valence-electron chi connectivity index (χ2n) is 5.11. The van der Waals surface area contributed by atoms with Gasteiger partial charge in [-0.1, -0.05) is 0 Å². The lowest BCUT2D eigenvalue weighted by Crippen LogP contribution is -2.33. The molecule has 0 saturated heterocycles. The summed E-state index contributed by atoms with van der Waals surface area (Å²) in [5, 5.41) is 10.4. The lowest BCUT2D eigenvalue weighted by molar-refractivity contribution is -0.182. The predicted octanol–water partition coefficient (Wildman–Crippen LogP) is 1.93. The Bertz CT molecular complexity index is 663. The molecule has 0 fully saturated rings. The molecule has 3 heterocycles. The van der Waals surface area contributed by atoms with E-state index in [9.17, 15) is 18.0 Å². The number of aryl methyl sites for hydroxylation is 1. The van der Waals surface area contributed by atoms with E-state index in [1.54, 1.807) is 0 Å². The highest BCUT2D eigenvalue weighted by Crippen LogP contribution is 2.34. The Morgan fingerprint density at radius 1 is 1.45 bits per heavy atom. The molecule has 1 aliphatic heterocycles. The molecule has 1 N–H and O–H groups in total. The predicted molar refractivity (Wildman–Crippen MR) is 67.8 cm³/mol. The van der Waals surface area contributed by atoms with Crippen LogP contribution in [-0.4, -0.2) is 26.8 Å². The average molecular weight is 314 g/mol. The van der Waals surface area contributed by atoms with Crippen LogP contribution in [0.25, 0.3) is 0 Å². The summed E-state index contributed by atoms with van der Waals surface area (Å²) >= 11 is 0. The number of amides is 1. The van der Waals surface area contributed by atoms with Gasteiger partial charge in [-0.3, -0.25) is 4.79 Å². The van der Waals surface area contributed by atoms with E-state index < -0.39 is 12.1 Å². The summed E-state index contributed by atoms with van der Waals surface area (Å²) in [6, 6.07) is 1.49. The Balaban J connectivity index is 1.69. The first-order chi connectivity index (χ1) is 10.4. The standard InChI is InChI=1S/C13H13F3N4O2/c14-13(15,16)9-1-2-10-18-19-11(20(10)6-9)5-17-12(21)8-3-4-22-7-8/h3-4,7,9H,1-2,5-6H2,(H,17,21)/t9-/m1/s1. The number of hydrogen-bond donors (Lipinski definition) is 1. The van der Waals surface area contributed by atoms with Crippen LogP contribution < -0.4 is 5.32 Å². The molecule has 0 saturated carbocycles. The van der Waals surface area contributed by atoms with Gasteiger partial charge in [0.2, 0.25) is 0 Å². The minimum atomic E-state index is -4.24. The van der Waals surface area contributed by atoms with Gasteiger partial charge in [0.1, 0.15) is 12.1 Å². The number of fused-ring (bicyclic) bond motifs is 1. The van der Waals surface area contributed by atoms with Crippen molar-refractivity contribution in [2.75, 3.05) is 0 Å². The van der Waals surface area contributed by atoms with Gasteiger partial charge < -0.3 is 14.3 Å². The molecule has 2 aromatic heterocycles. The largest absolute Gasteiger partial charge is 0.472 e. The van der Waals surface area contributed by atoms with E-state index in [-0.39, 0.29) is 31.8 Å². The number of alkyl halides is 3. The zero-order chi connectivity index (χ0) is 15.7. The van der Waals surface area contributed by atoms with Crippen molar-refractivity contribution in [2.45, 2.75) is 32.1 Å². The fraction of sp³-hybridized carbons (Fsp3) is 0.462. The number of nitrogens with one attached hydrogen (secondary N) is 1. The first-order valence-electron chi connectivity index (χ1n) is 6.73. The van der Waals surface area contributed by atoms with Gasteiger partial charge in [-0.25, -0.2) is 0 Å². The Kier molecular flexibility index (Phi) is 3.63. The van der Waals surface area contributed by atoms with Crippen LogP contribution in [0.15, 0.2) is 23.0 Å². The third-order valence-electron chi connectivity index (χ3n) is 3.68. The van der Waals surface area contributed by atoms with E-state index in [0.717, 1.165) is 0 Å². The number of carbonyl (C=O) groups is 1. The number of hydrogen-bond acceptors (Lipinski definition) is 4. The fourth-order valence-corrected chi connectivity index (χ4v) is 2.44. The van der Waals surface area contributed by atoms with Gasteiger partial charge in [-0.05, 0) is 12.5 Å².